The molecule has 39 heavy (non-hydrogen) atoms. The van der Waals surface area contributed by atoms with Gasteiger partial charge in [0.2, 0.25) is 0 Å². The van der Waals surface area contributed by atoms with E-state index >= 15 is 0 Å². The molecule has 0 saturated heterocycles. The Kier molecular flexibility index (Phi) is 13.1. The van der Waals surface area contributed by atoms with Crippen LogP contribution < -0.4 is 10.6 Å². The molecule has 0 aliphatic heterocycles. The minimum atomic E-state index is -1.02. The summed E-state index contributed by atoms with van der Waals surface area (Å²) in [6.07, 6.45) is 2.29. The second-order valence-corrected chi connectivity index (χ2v) is 12.3. The Morgan fingerprint density at radius 1 is 1.00 bits per heavy atom. The molecule has 0 saturated carbocycles. The summed E-state index contributed by atoms with van der Waals surface area (Å²) >= 11 is 2.06. The number of carboxylic acids is 1. The van der Waals surface area contributed by atoms with Crippen LogP contribution in [-0.2, 0) is 22.7 Å². The van der Waals surface area contributed by atoms with Gasteiger partial charge in [-0.3, -0.25) is 0 Å². The molecule has 0 spiro atoms. The number of aryl methyl sites for hydroxylation is 1. The van der Waals surface area contributed by atoms with Crippen LogP contribution in [0.2, 0.25) is 11.1 Å². The van der Waals surface area contributed by atoms with E-state index in [1.165, 1.54) is 0 Å². The Labute approximate surface area is 242 Å². The van der Waals surface area contributed by atoms with E-state index in [0.29, 0.717) is 52.5 Å². The molecular formula is C31H38N2O4SSe. The molecule has 0 radical (unpaired) electrons. The number of aliphatic carboxylic acids is 1. The third-order valence-corrected chi connectivity index (χ3v) is 8.56. The van der Waals surface area contributed by atoms with Crippen LogP contribution in [0.5, 0.6) is 0 Å². The van der Waals surface area contributed by atoms with Gasteiger partial charge in [0.1, 0.15) is 0 Å². The molecule has 0 unspecified atom stereocenters. The molecule has 208 valence electrons. The van der Waals surface area contributed by atoms with Crippen LogP contribution in [0.1, 0.15) is 33.5 Å². The summed E-state index contributed by atoms with van der Waals surface area (Å²) in [7, 11) is 0. The summed E-state index contributed by atoms with van der Waals surface area (Å²) in [4.78, 5) is 25.1. The van der Waals surface area contributed by atoms with Crippen LogP contribution in [0.4, 0.5) is 0 Å². The number of amides is 1. The molecule has 3 aromatic carbocycles. The van der Waals surface area contributed by atoms with Gasteiger partial charge in [-0.2, -0.15) is 11.8 Å². The van der Waals surface area contributed by atoms with Gasteiger partial charge in [0.15, 0.2) is 0 Å². The first-order chi connectivity index (χ1) is 18.9. The number of carbonyl (C=O) groups excluding carboxylic acids is 1. The molecule has 0 aliphatic carbocycles. The van der Waals surface area contributed by atoms with Crippen LogP contribution in [0, 0.1) is 6.92 Å². The summed E-state index contributed by atoms with van der Waals surface area (Å²) in [6, 6.07) is 23.2. The minimum absolute atomic E-state index is 0.233. The summed E-state index contributed by atoms with van der Waals surface area (Å²) in [6.45, 7) is 3.87. The number of carboxylic acid groups (broad SMARTS) is 1. The number of carbonyl (C=O) groups is 2. The molecule has 1 amide bonds. The first-order valence-electron chi connectivity index (χ1n) is 13.0. The number of ether oxygens (including phenoxy) is 1. The molecule has 2 atom stereocenters. The minimum Gasteiger partial charge on any atom is -0.480 e. The van der Waals surface area contributed by atoms with E-state index in [1.807, 2.05) is 73.8 Å². The first kappa shape index (κ1) is 30.9. The number of rotatable bonds is 16. The summed E-state index contributed by atoms with van der Waals surface area (Å²) in [5.41, 5.74) is 5.50. The average Bonchev–Trinajstić information content (AvgIpc) is 2.94. The summed E-state index contributed by atoms with van der Waals surface area (Å²) in [5.74, 6) is 1.49. The van der Waals surface area contributed by atoms with Gasteiger partial charge in [-0.1, -0.05) is 0 Å². The Morgan fingerprint density at radius 2 is 1.74 bits per heavy atom. The van der Waals surface area contributed by atoms with Crippen LogP contribution in [0.25, 0.3) is 11.1 Å². The first-order valence-corrected chi connectivity index (χ1v) is 17.3. The number of nitrogens with one attached hydrogen (secondary N) is 2. The van der Waals surface area contributed by atoms with E-state index in [9.17, 15) is 14.7 Å². The van der Waals surface area contributed by atoms with Crippen molar-refractivity contribution in [3.05, 3.63) is 95.1 Å². The zero-order valence-corrected chi connectivity index (χ0v) is 25.3. The molecule has 0 heterocycles. The molecule has 0 aromatic heterocycles. The monoisotopic (exact) mass is 614 g/mol. The number of hydrogen-bond donors (Lipinski definition) is 3. The van der Waals surface area contributed by atoms with Gasteiger partial charge in [-0.15, -0.1) is 0 Å². The van der Waals surface area contributed by atoms with Crippen molar-refractivity contribution in [1.82, 2.24) is 10.6 Å². The van der Waals surface area contributed by atoms with Gasteiger partial charge < -0.3 is 5.11 Å². The van der Waals surface area contributed by atoms with E-state index in [4.69, 9.17) is 4.74 Å². The van der Waals surface area contributed by atoms with E-state index < -0.39 is 12.0 Å². The van der Waals surface area contributed by atoms with E-state index in [0.717, 1.165) is 33.1 Å². The molecule has 8 heteroatoms. The third-order valence-electron chi connectivity index (χ3n) is 6.37. The van der Waals surface area contributed by atoms with Gasteiger partial charge in [0.25, 0.3) is 0 Å². The Hall–Kier alpha value is -2.61. The fourth-order valence-corrected chi connectivity index (χ4v) is 6.01. The standard InChI is InChI=1S/C31H38N2O4SSe/c1-22-9-7-8-12-26(22)28-17-24(13-14-27(28)30(34)33-29(31(35)36)15-16-38-2)18-32-25(21-39-3)20-37-19-23-10-5-4-6-11-23/h4-14,17,25,29,32H,15-16,18-21H2,1-3H3,(H,33,34)(H,35,36)/t25-,29-/m0/s1. The maximum absolute atomic E-state index is 13.3. The van der Waals surface area contributed by atoms with Crippen LogP contribution in [0.15, 0.2) is 72.8 Å². The van der Waals surface area contributed by atoms with E-state index in [-0.39, 0.29) is 11.9 Å². The van der Waals surface area contributed by atoms with Gasteiger partial charge in [0, 0.05) is 0 Å². The molecule has 3 aromatic rings. The quantitative estimate of drug-likeness (QED) is 0.187. The normalized spacial score (nSPS) is 12.6. The third kappa shape index (κ3) is 9.82. The summed E-state index contributed by atoms with van der Waals surface area (Å²) in [5, 5.41) is 17.1. The smallest absolute Gasteiger partial charge is 0.480 e. The second-order valence-electron chi connectivity index (χ2n) is 9.37. The maximum atomic E-state index is 13.3. The Balaban J connectivity index is 1.77. The fourth-order valence-electron chi connectivity index (χ4n) is 4.25. The van der Waals surface area contributed by atoms with Crippen molar-refractivity contribution >= 4 is 38.6 Å². The molecular weight excluding hydrogens is 575 g/mol. The molecule has 6 nitrogen and oxygen atoms in total. The van der Waals surface area contributed by atoms with Crippen LogP contribution in [0.3, 0.4) is 0 Å². The number of thioether (sulfide) groups is 1. The fraction of sp³-hybridized carbons (Fsp3) is 0.355. The molecule has 0 bridgehead atoms. The molecule has 0 fully saturated rings. The van der Waals surface area contributed by atoms with Crippen molar-refractivity contribution in [2.75, 3.05) is 18.6 Å². The van der Waals surface area contributed by atoms with Crippen molar-refractivity contribution in [2.45, 2.75) is 49.7 Å². The zero-order valence-electron chi connectivity index (χ0n) is 22.8. The SMILES string of the molecule is CSCC[C@H](NC(=O)c1ccc(CN[C@@H](COCc2ccccc2)C[Se]C)cc1-c1ccccc1C)C(=O)O. The van der Waals surface area contributed by atoms with Crippen molar-refractivity contribution < 1.29 is 19.4 Å². The van der Waals surface area contributed by atoms with Crippen molar-refractivity contribution in [3.8, 4) is 11.1 Å². The Morgan fingerprint density at radius 3 is 2.44 bits per heavy atom. The molecule has 3 N–H and O–H groups in total. The zero-order chi connectivity index (χ0) is 28.0. The molecule has 3 rings (SSSR count). The van der Waals surface area contributed by atoms with Crippen molar-refractivity contribution in [3.63, 3.8) is 0 Å². The van der Waals surface area contributed by atoms with Crippen LogP contribution >= 0.6 is 11.8 Å². The van der Waals surface area contributed by atoms with Crippen molar-refractivity contribution in [2.24, 2.45) is 0 Å². The predicted molar refractivity (Wildman–Crippen MR) is 162 cm³/mol. The Bertz CT molecular complexity index is 1210. The number of benzene rings is 3. The van der Waals surface area contributed by atoms with E-state index in [2.05, 4.69) is 28.6 Å². The summed E-state index contributed by atoms with van der Waals surface area (Å²) < 4.78 is 6.01. The van der Waals surface area contributed by atoms with Gasteiger partial charge in [0.05, 0.1) is 0 Å². The second kappa shape index (κ2) is 16.5. The topological polar surface area (TPSA) is 87.7 Å². The number of hydrogen-bond acceptors (Lipinski definition) is 5. The van der Waals surface area contributed by atoms with Gasteiger partial charge in [-0.05, 0) is 12.0 Å². The van der Waals surface area contributed by atoms with Gasteiger partial charge >= 0.3 is 210 Å². The van der Waals surface area contributed by atoms with Gasteiger partial charge in [-0.25, -0.2) is 4.79 Å². The van der Waals surface area contributed by atoms with Crippen LogP contribution in [-0.4, -0.2) is 62.6 Å². The van der Waals surface area contributed by atoms with Crippen molar-refractivity contribution in [1.29, 1.82) is 0 Å². The molecule has 0 aliphatic rings. The van der Waals surface area contributed by atoms with E-state index in [1.54, 1.807) is 11.8 Å². The average molecular weight is 614 g/mol. The predicted octanol–water partition coefficient (Wildman–Crippen LogP) is 5.44.